The van der Waals surface area contributed by atoms with E-state index in [1.165, 1.54) is 37.7 Å². The molecule has 0 spiro atoms. The van der Waals surface area contributed by atoms with Crippen LogP contribution in [0.1, 0.15) is 63.9 Å². The molecule has 0 atom stereocenters. The van der Waals surface area contributed by atoms with Crippen LogP contribution in [0.3, 0.4) is 0 Å². The Morgan fingerprint density at radius 2 is 1.86 bits per heavy atom. The van der Waals surface area contributed by atoms with Crippen LogP contribution in [0.25, 0.3) is 0 Å². The lowest BCUT2D eigenvalue weighted by Gasteiger charge is -2.20. The van der Waals surface area contributed by atoms with Crippen LogP contribution in [-0.4, -0.2) is 16.9 Å². The third-order valence-electron chi connectivity index (χ3n) is 4.10. The van der Waals surface area contributed by atoms with Crippen LogP contribution in [0.5, 0.6) is 0 Å². The van der Waals surface area contributed by atoms with Crippen molar-refractivity contribution in [2.24, 2.45) is 0 Å². The molecule has 2 rings (SSSR count). The first-order chi connectivity index (χ1) is 10.1. The molecule has 1 saturated carbocycles. The van der Waals surface area contributed by atoms with E-state index in [1.807, 2.05) is 23.9 Å². The second-order valence-electron chi connectivity index (χ2n) is 6.21. The number of thioether (sulfide) groups is 1. The van der Waals surface area contributed by atoms with Gasteiger partial charge in [-0.25, -0.2) is 0 Å². The maximum Gasteiger partial charge on any atom is 0.225 e. The molecule has 0 aliphatic heterocycles. The standard InChI is InChI=1S/C18H27NOS/c1-14(2)15-8-10-16(11-9-15)19-18(20)12-13-21-17-6-4-3-5-7-17/h8-11,14,17H,3-7,12-13H2,1-2H3,(H,19,20). The Balaban J connectivity index is 1.68. The first-order valence-electron chi connectivity index (χ1n) is 8.16. The van der Waals surface area contributed by atoms with Crippen molar-refractivity contribution in [1.82, 2.24) is 0 Å². The van der Waals surface area contributed by atoms with Gasteiger partial charge in [0.15, 0.2) is 0 Å². The quantitative estimate of drug-likeness (QED) is 0.782. The SMILES string of the molecule is CC(C)c1ccc(NC(=O)CCSC2CCCCC2)cc1. The fourth-order valence-corrected chi connectivity index (χ4v) is 4.03. The van der Waals surface area contributed by atoms with Crippen LogP contribution in [0.4, 0.5) is 5.69 Å². The van der Waals surface area contributed by atoms with Gasteiger partial charge < -0.3 is 5.32 Å². The second-order valence-corrected chi connectivity index (χ2v) is 7.61. The molecule has 116 valence electrons. The molecule has 1 aromatic rings. The smallest absolute Gasteiger partial charge is 0.225 e. The van der Waals surface area contributed by atoms with Crippen LogP contribution < -0.4 is 5.32 Å². The van der Waals surface area contributed by atoms with Gasteiger partial charge >= 0.3 is 0 Å². The zero-order chi connectivity index (χ0) is 15.1. The summed E-state index contributed by atoms with van der Waals surface area (Å²) in [6.45, 7) is 4.35. The third-order valence-corrected chi connectivity index (χ3v) is 5.48. The maximum atomic E-state index is 11.9. The molecule has 0 unspecified atom stereocenters. The van der Waals surface area contributed by atoms with Gasteiger partial charge in [-0.1, -0.05) is 45.2 Å². The first kappa shape index (κ1) is 16.4. The molecule has 1 amide bonds. The van der Waals surface area contributed by atoms with Crippen molar-refractivity contribution in [2.45, 2.75) is 63.5 Å². The molecular weight excluding hydrogens is 278 g/mol. The molecular formula is C18H27NOS. The Morgan fingerprint density at radius 1 is 1.19 bits per heavy atom. The number of carbonyl (C=O) groups excluding carboxylic acids is 1. The van der Waals surface area contributed by atoms with E-state index in [9.17, 15) is 4.79 Å². The highest BCUT2D eigenvalue weighted by atomic mass is 32.2. The summed E-state index contributed by atoms with van der Waals surface area (Å²) in [6, 6.07) is 8.19. The van der Waals surface area contributed by atoms with E-state index in [4.69, 9.17) is 0 Å². The Labute approximate surface area is 133 Å². The van der Waals surface area contributed by atoms with E-state index in [0.29, 0.717) is 12.3 Å². The summed E-state index contributed by atoms with van der Waals surface area (Å²) >= 11 is 1.98. The van der Waals surface area contributed by atoms with E-state index in [2.05, 4.69) is 31.3 Å². The van der Waals surface area contributed by atoms with Crippen molar-refractivity contribution >= 4 is 23.4 Å². The number of nitrogens with one attached hydrogen (secondary N) is 1. The molecule has 1 aliphatic rings. The minimum atomic E-state index is 0.135. The van der Waals surface area contributed by atoms with Crippen molar-refractivity contribution in [2.75, 3.05) is 11.1 Å². The third kappa shape index (κ3) is 5.74. The van der Waals surface area contributed by atoms with E-state index in [0.717, 1.165) is 16.7 Å². The normalized spacial score (nSPS) is 16.1. The summed E-state index contributed by atoms with van der Waals surface area (Å²) in [7, 11) is 0. The molecule has 0 bridgehead atoms. The van der Waals surface area contributed by atoms with Gasteiger partial charge in [-0.05, 0) is 36.5 Å². The number of benzene rings is 1. The van der Waals surface area contributed by atoms with Crippen LogP contribution >= 0.6 is 11.8 Å². The minimum Gasteiger partial charge on any atom is -0.326 e. The zero-order valence-corrected chi connectivity index (χ0v) is 14.0. The average Bonchev–Trinajstić information content (AvgIpc) is 2.49. The molecule has 0 aromatic heterocycles. The second kappa shape index (κ2) is 8.47. The van der Waals surface area contributed by atoms with Gasteiger partial charge in [-0.3, -0.25) is 4.79 Å². The predicted molar refractivity (Wildman–Crippen MR) is 93.1 cm³/mol. The monoisotopic (exact) mass is 305 g/mol. The fourth-order valence-electron chi connectivity index (χ4n) is 2.72. The summed E-state index contributed by atoms with van der Waals surface area (Å²) in [5, 5.41) is 3.78. The van der Waals surface area contributed by atoms with Crippen molar-refractivity contribution in [1.29, 1.82) is 0 Å². The minimum absolute atomic E-state index is 0.135. The largest absolute Gasteiger partial charge is 0.326 e. The summed E-state index contributed by atoms with van der Waals surface area (Å²) < 4.78 is 0. The van der Waals surface area contributed by atoms with Gasteiger partial charge in [-0.15, -0.1) is 0 Å². The molecule has 0 saturated heterocycles. The molecule has 1 N–H and O–H groups in total. The molecule has 0 heterocycles. The number of amides is 1. The Bertz CT molecular complexity index is 435. The van der Waals surface area contributed by atoms with Gasteiger partial charge in [0, 0.05) is 23.1 Å². The van der Waals surface area contributed by atoms with E-state index in [1.54, 1.807) is 0 Å². The molecule has 3 heteroatoms. The first-order valence-corrected chi connectivity index (χ1v) is 9.21. The van der Waals surface area contributed by atoms with Crippen molar-refractivity contribution in [3.63, 3.8) is 0 Å². The zero-order valence-electron chi connectivity index (χ0n) is 13.2. The Hall–Kier alpha value is -0.960. The summed E-state index contributed by atoms with van der Waals surface area (Å²) in [4.78, 5) is 11.9. The molecule has 1 aliphatic carbocycles. The Morgan fingerprint density at radius 3 is 2.48 bits per heavy atom. The van der Waals surface area contributed by atoms with Crippen LogP contribution in [-0.2, 0) is 4.79 Å². The lowest BCUT2D eigenvalue weighted by molar-refractivity contribution is -0.115. The van der Waals surface area contributed by atoms with E-state index >= 15 is 0 Å². The lowest BCUT2D eigenvalue weighted by Crippen LogP contribution is -2.14. The van der Waals surface area contributed by atoms with Crippen LogP contribution in [0, 0.1) is 0 Å². The molecule has 21 heavy (non-hydrogen) atoms. The van der Waals surface area contributed by atoms with Gasteiger partial charge in [0.25, 0.3) is 0 Å². The maximum absolute atomic E-state index is 11.9. The van der Waals surface area contributed by atoms with Crippen molar-refractivity contribution in [3.05, 3.63) is 29.8 Å². The van der Waals surface area contributed by atoms with Gasteiger partial charge in [-0.2, -0.15) is 11.8 Å². The van der Waals surface area contributed by atoms with E-state index < -0.39 is 0 Å². The summed E-state index contributed by atoms with van der Waals surface area (Å²) in [5.41, 5.74) is 2.22. The number of rotatable bonds is 6. The van der Waals surface area contributed by atoms with Gasteiger partial charge in [0.2, 0.25) is 5.91 Å². The highest BCUT2D eigenvalue weighted by Crippen LogP contribution is 2.28. The molecule has 0 radical (unpaired) electrons. The summed E-state index contributed by atoms with van der Waals surface area (Å²) in [6.07, 6.45) is 7.42. The predicted octanol–water partition coefficient (Wildman–Crippen LogP) is 5.20. The van der Waals surface area contributed by atoms with Crippen LogP contribution in [0.15, 0.2) is 24.3 Å². The van der Waals surface area contributed by atoms with Crippen molar-refractivity contribution in [3.8, 4) is 0 Å². The van der Waals surface area contributed by atoms with Crippen LogP contribution in [0.2, 0.25) is 0 Å². The van der Waals surface area contributed by atoms with Crippen molar-refractivity contribution < 1.29 is 4.79 Å². The van der Waals surface area contributed by atoms with E-state index in [-0.39, 0.29) is 5.91 Å². The molecule has 1 aromatic carbocycles. The number of carbonyl (C=O) groups is 1. The number of hydrogen-bond acceptors (Lipinski definition) is 2. The molecule has 1 fully saturated rings. The highest BCUT2D eigenvalue weighted by molar-refractivity contribution is 7.99. The summed E-state index contributed by atoms with van der Waals surface area (Å²) in [5.74, 6) is 1.61. The highest BCUT2D eigenvalue weighted by Gasteiger charge is 2.14. The van der Waals surface area contributed by atoms with Gasteiger partial charge in [0.1, 0.15) is 0 Å². The van der Waals surface area contributed by atoms with Gasteiger partial charge in [0.05, 0.1) is 0 Å². The number of anilines is 1. The topological polar surface area (TPSA) is 29.1 Å². The Kier molecular flexibility index (Phi) is 6.62. The fraction of sp³-hybridized carbons (Fsp3) is 0.611. The lowest BCUT2D eigenvalue weighted by atomic mass is 10.0. The average molecular weight is 305 g/mol. The molecule has 2 nitrogen and oxygen atoms in total. The number of hydrogen-bond donors (Lipinski definition) is 1.